The first kappa shape index (κ1) is 12.2. The molecule has 1 atom stereocenters. The number of hydrogen-bond donors (Lipinski definition) is 0. The lowest BCUT2D eigenvalue weighted by atomic mass is 9.98. The molecule has 0 bridgehead atoms. The standard InChI is InChI=1S/C8H8O4.C6H4/c1-4-3-6(10)7(5(2)9)8(11)12-4;1-2-5-4-6(5)3-1/h3,7H,1-2H3;1-4H. The lowest BCUT2D eigenvalue weighted by Crippen LogP contribution is -2.33. The van der Waals surface area contributed by atoms with E-state index in [9.17, 15) is 14.4 Å². The van der Waals surface area contributed by atoms with Gasteiger partial charge in [0.15, 0.2) is 17.5 Å². The van der Waals surface area contributed by atoms with Crippen LogP contribution in [0.15, 0.2) is 36.1 Å². The minimum Gasteiger partial charge on any atom is -0.430 e. The van der Waals surface area contributed by atoms with Crippen LogP contribution in [0.5, 0.6) is 0 Å². The Bertz CT molecular complexity index is 552. The largest absolute Gasteiger partial charge is 0.430 e. The summed E-state index contributed by atoms with van der Waals surface area (Å²) < 4.78 is 4.61. The molecule has 0 aromatic rings. The molecule has 4 nitrogen and oxygen atoms in total. The number of benzene rings is 1. The third-order valence-electron chi connectivity index (χ3n) is 2.65. The number of ketones is 2. The van der Waals surface area contributed by atoms with Crippen LogP contribution in [-0.2, 0) is 19.1 Å². The van der Waals surface area contributed by atoms with E-state index in [1.807, 2.05) is 0 Å². The van der Waals surface area contributed by atoms with Crippen LogP contribution in [0.4, 0.5) is 0 Å². The van der Waals surface area contributed by atoms with Gasteiger partial charge in [-0.25, -0.2) is 0 Å². The van der Waals surface area contributed by atoms with E-state index in [0.717, 1.165) is 6.08 Å². The number of carbonyl (C=O) groups is 3. The van der Waals surface area contributed by atoms with Crippen LogP contribution in [0.25, 0.3) is 11.1 Å². The number of carbonyl (C=O) groups excluding carboxylic acids is 3. The van der Waals surface area contributed by atoms with E-state index in [2.05, 4.69) is 29.0 Å². The fourth-order valence-corrected chi connectivity index (χ4v) is 1.69. The quantitative estimate of drug-likeness (QED) is 0.567. The number of hydrogen-bond acceptors (Lipinski definition) is 4. The van der Waals surface area contributed by atoms with Crippen molar-refractivity contribution in [2.45, 2.75) is 13.8 Å². The van der Waals surface area contributed by atoms with Crippen molar-refractivity contribution < 1.29 is 19.1 Å². The molecule has 0 radical (unpaired) electrons. The van der Waals surface area contributed by atoms with Gasteiger partial charge in [-0.1, -0.05) is 18.2 Å². The Morgan fingerprint density at radius 2 is 1.83 bits per heavy atom. The molecule has 3 rings (SSSR count). The Hall–Kier alpha value is -2.23. The van der Waals surface area contributed by atoms with Crippen LogP contribution in [0.3, 0.4) is 0 Å². The zero-order chi connectivity index (χ0) is 13.3. The average molecular weight is 244 g/mol. The summed E-state index contributed by atoms with van der Waals surface area (Å²) in [4.78, 5) is 32.8. The molecule has 3 aliphatic rings. The van der Waals surface area contributed by atoms with E-state index >= 15 is 0 Å². The van der Waals surface area contributed by atoms with Gasteiger partial charge in [0.25, 0.3) is 0 Å². The smallest absolute Gasteiger partial charge is 0.329 e. The van der Waals surface area contributed by atoms with Gasteiger partial charge >= 0.3 is 5.97 Å². The monoisotopic (exact) mass is 244 g/mol. The number of rotatable bonds is 1. The zero-order valence-electron chi connectivity index (χ0n) is 10.1. The molecule has 1 heterocycles. The molecule has 0 aromatic carbocycles. The Kier molecular flexibility index (Phi) is 3.10. The van der Waals surface area contributed by atoms with Gasteiger partial charge in [0.05, 0.1) is 0 Å². The second kappa shape index (κ2) is 4.56. The van der Waals surface area contributed by atoms with E-state index in [1.165, 1.54) is 25.0 Å². The molecule has 0 fully saturated rings. The molecule has 18 heavy (non-hydrogen) atoms. The molecule has 0 aromatic heterocycles. The molecule has 4 heteroatoms. The maximum Gasteiger partial charge on any atom is 0.329 e. The van der Waals surface area contributed by atoms with E-state index in [4.69, 9.17) is 0 Å². The molecular weight excluding hydrogens is 232 g/mol. The van der Waals surface area contributed by atoms with Crippen molar-refractivity contribution in [2.24, 2.45) is 5.92 Å². The summed E-state index contributed by atoms with van der Waals surface area (Å²) in [5, 5.41) is 0. The number of ether oxygens (including phenoxy) is 1. The van der Waals surface area contributed by atoms with Gasteiger partial charge in [-0.3, -0.25) is 14.4 Å². The van der Waals surface area contributed by atoms with Gasteiger partial charge in [-0.05, 0) is 31.0 Å². The maximum absolute atomic E-state index is 11.1. The summed E-state index contributed by atoms with van der Waals surface area (Å²) in [5.74, 6) is -2.74. The zero-order valence-corrected chi connectivity index (χ0v) is 10.1. The minimum absolute atomic E-state index is 0.238. The van der Waals surface area contributed by atoms with Crippen molar-refractivity contribution in [3.8, 4) is 11.1 Å². The average Bonchev–Trinajstić information content (AvgIpc) is 2.84. The van der Waals surface area contributed by atoms with E-state index in [0.29, 0.717) is 0 Å². The maximum atomic E-state index is 11.1. The van der Waals surface area contributed by atoms with Gasteiger partial charge in [-0.15, -0.1) is 0 Å². The van der Waals surface area contributed by atoms with Crippen LogP contribution in [0, 0.1) is 5.92 Å². The third-order valence-corrected chi connectivity index (χ3v) is 2.65. The van der Waals surface area contributed by atoms with E-state index < -0.39 is 23.5 Å². The van der Waals surface area contributed by atoms with E-state index in [-0.39, 0.29) is 5.76 Å². The molecule has 0 saturated carbocycles. The van der Waals surface area contributed by atoms with Gasteiger partial charge < -0.3 is 4.74 Å². The Morgan fingerprint density at radius 1 is 1.22 bits per heavy atom. The second-order valence-electron chi connectivity index (χ2n) is 4.20. The molecule has 1 aliphatic heterocycles. The van der Waals surface area contributed by atoms with Gasteiger partial charge in [0, 0.05) is 6.08 Å². The lowest BCUT2D eigenvalue weighted by Gasteiger charge is -2.15. The van der Waals surface area contributed by atoms with Crippen molar-refractivity contribution in [2.75, 3.05) is 0 Å². The topological polar surface area (TPSA) is 60.4 Å². The molecule has 1 unspecified atom stereocenters. The first-order valence-electron chi connectivity index (χ1n) is 5.54. The Balaban J connectivity index is 0.000000164. The highest BCUT2D eigenvalue weighted by atomic mass is 16.5. The van der Waals surface area contributed by atoms with Crippen molar-refractivity contribution >= 4 is 17.5 Å². The highest BCUT2D eigenvalue weighted by Crippen LogP contribution is 2.32. The summed E-state index contributed by atoms with van der Waals surface area (Å²) >= 11 is 0. The first-order chi connectivity index (χ1) is 8.49. The molecule has 0 amide bonds. The third kappa shape index (κ3) is 2.53. The predicted octanol–water partition coefficient (Wildman–Crippen LogP) is 1.89. The highest BCUT2D eigenvalue weighted by molar-refractivity contribution is 6.21. The second-order valence-corrected chi connectivity index (χ2v) is 4.20. The van der Waals surface area contributed by atoms with Crippen LogP contribution < -0.4 is 0 Å². The molecule has 2 aliphatic carbocycles. The number of allylic oxidation sites excluding steroid dienone is 2. The minimum atomic E-state index is -1.24. The van der Waals surface area contributed by atoms with Crippen LogP contribution in [0.2, 0.25) is 0 Å². The van der Waals surface area contributed by atoms with Crippen LogP contribution in [-0.4, -0.2) is 17.5 Å². The Labute approximate surface area is 104 Å². The number of cyclic esters (lactones) is 1. The SMILES string of the molecule is CC(=O)C1C(=O)C=C(C)OC1=O.c1cc2cc-2c1. The van der Waals surface area contributed by atoms with Crippen molar-refractivity contribution in [1.82, 2.24) is 0 Å². The molecule has 0 N–H and O–H groups in total. The van der Waals surface area contributed by atoms with Crippen molar-refractivity contribution in [1.29, 1.82) is 0 Å². The summed E-state index contributed by atoms with van der Waals surface area (Å²) in [7, 11) is 0. The first-order valence-corrected chi connectivity index (χ1v) is 5.54. The van der Waals surface area contributed by atoms with E-state index in [1.54, 1.807) is 0 Å². The number of fused-ring (bicyclic) bond motifs is 1. The Morgan fingerprint density at radius 3 is 2.17 bits per heavy atom. The molecule has 0 spiro atoms. The normalized spacial score (nSPS) is 19.2. The summed E-state index contributed by atoms with van der Waals surface area (Å²) in [5.41, 5.74) is 2.85. The fraction of sp³-hybridized carbons (Fsp3) is 0.214. The van der Waals surface area contributed by atoms with Crippen LogP contribution in [0.1, 0.15) is 13.8 Å². The van der Waals surface area contributed by atoms with Gasteiger partial charge in [0.2, 0.25) is 0 Å². The van der Waals surface area contributed by atoms with Gasteiger partial charge in [0.1, 0.15) is 5.76 Å². The lowest BCUT2D eigenvalue weighted by molar-refractivity contribution is -0.152. The summed E-state index contributed by atoms with van der Waals surface area (Å²) in [6.45, 7) is 2.68. The van der Waals surface area contributed by atoms with Gasteiger partial charge in [-0.2, -0.15) is 0 Å². The highest BCUT2D eigenvalue weighted by Gasteiger charge is 2.34. The summed E-state index contributed by atoms with van der Waals surface area (Å²) in [6.07, 6.45) is 1.16. The van der Waals surface area contributed by atoms with Crippen molar-refractivity contribution in [3.63, 3.8) is 0 Å². The predicted molar refractivity (Wildman–Crippen MR) is 64.5 cm³/mol. The fourth-order valence-electron chi connectivity index (χ4n) is 1.69. The van der Waals surface area contributed by atoms with Crippen molar-refractivity contribution in [3.05, 3.63) is 36.1 Å². The summed E-state index contributed by atoms with van der Waals surface area (Å²) in [6, 6.07) is 8.48. The molecule has 0 saturated heterocycles. The number of esters is 1. The van der Waals surface area contributed by atoms with Crippen LogP contribution >= 0.6 is 0 Å². The number of Topliss-reactive ketones (excluding diaryl/α,β-unsaturated/α-hetero) is 1. The molecule has 92 valence electrons. The molecular formula is C14H12O4.